The van der Waals surface area contributed by atoms with Crippen LogP contribution in [0.25, 0.3) is 11.1 Å². The Balaban J connectivity index is 1.11. The van der Waals surface area contributed by atoms with Crippen LogP contribution in [0.3, 0.4) is 0 Å². The number of likely N-dealkylation sites (N-methyl/N-ethyl adjacent to an activating group) is 1. The van der Waals surface area contributed by atoms with E-state index in [4.69, 9.17) is 56.4 Å². The highest BCUT2D eigenvalue weighted by Gasteiger charge is 2.53. The number of carboxylic acid groups (broad SMARTS) is 1. The number of halogens is 2. The number of allylic oxidation sites excluding steroid dienone is 2. The number of aromatic hydroxyl groups is 3. The van der Waals surface area contributed by atoms with Gasteiger partial charge in [0.25, 0.3) is 0 Å². The first kappa shape index (κ1) is 82.0. The lowest BCUT2D eigenvalue weighted by molar-refractivity contribution is -0.334. The van der Waals surface area contributed by atoms with Crippen LogP contribution in [0.4, 0.5) is 4.79 Å². The first-order valence-electron chi connectivity index (χ1n) is 35.7. The monoisotopic (exact) mass is 1580 g/mol. The Morgan fingerprint density at radius 1 is 0.712 bits per heavy atom. The molecule has 18 N–H and O–H groups in total. The predicted molar refractivity (Wildman–Crippen MR) is 388 cm³/mol. The van der Waals surface area contributed by atoms with Gasteiger partial charge >= 0.3 is 12.1 Å². The third kappa shape index (κ3) is 18.2. The Morgan fingerprint density at radius 2 is 1.35 bits per heavy atom. The first-order valence-corrected chi connectivity index (χ1v) is 36.5. The third-order valence-corrected chi connectivity index (χ3v) is 20.6. The molecule has 5 aromatic carbocycles. The van der Waals surface area contributed by atoms with Crippen LogP contribution in [-0.4, -0.2) is 204 Å². The van der Waals surface area contributed by atoms with Gasteiger partial charge in [0.05, 0.1) is 34.3 Å². The molecular formula is C75H86Cl2N8O26. The molecule has 13 rings (SSSR count). The zero-order valence-corrected chi connectivity index (χ0v) is 61.8. The fourth-order valence-corrected chi connectivity index (χ4v) is 14.6. The summed E-state index contributed by atoms with van der Waals surface area (Å²) in [6.45, 7) is 5.61. The van der Waals surface area contributed by atoms with Gasteiger partial charge in [-0.2, -0.15) is 0 Å². The van der Waals surface area contributed by atoms with Crippen molar-refractivity contribution in [3.8, 4) is 57.1 Å². The van der Waals surface area contributed by atoms with E-state index >= 15 is 14.4 Å². The predicted octanol–water partition coefficient (Wildman–Crippen LogP) is 3.48. The Bertz CT molecular complexity index is 4420. The average Bonchev–Trinajstić information content (AvgIpc) is 0.769. The number of alkyl carbamates (subject to hydrolysis) is 1. The van der Waals surface area contributed by atoms with E-state index in [1.807, 2.05) is 19.9 Å². The van der Waals surface area contributed by atoms with Crippen LogP contribution in [0.15, 0.2) is 91.0 Å². The molecule has 0 spiro atoms. The Hall–Kier alpha value is -9.95. The highest BCUT2D eigenvalue weighted by molar-refractivity contribution is 6.32. The highest BCUT2D eigenvalue weighted by atomic mass is 35.5. The summed E-state index contributed by atoms with van der Waals surface area (Å²) in [7, 11) is 1.48. The van der Waals surface area contributed by atoms with Gasteiger partial charge in [0.2, 0.25) is 47.5 Å². The molecule has 596 valence electrons. The number of carbonyl (C=O) groups is 9. The molecule has 5 aromatic rings. The van der Waals surface area contributed by atoms with Crippen molar-refractivity contribution in [3.05, 3.63) is 129 Å². The van der Waals surface area contributed by atoms with Gasteiger partial charge in [-0.05, 0) is 142 Å². The summed E-state index contributed by atoms with van der Waals surface area (Å²) >= 11 is 14.2. The number of phenolic OH excluding ortho intramolecular Hbond substituents is 3. The minimum absolute atomic E-state index is 0.0957. The van der Waals surface area contributed by atoms with E-state index in [9.17, 15) is 79.8 Å². The number of rotatable bonds is 15. The van der Waals surface area contributed by atoms with Gasteiger partial charge in [-0.25, -0.2) is 9.59 Å². The molecule has 1 aliphatic carbocycles. The molecule has 11 bridgehead atoms. The van der Waals surface area contributed by atoms with Crippen molar-refractivity contribution in [2.75, 3.05) is 13.7 Å². The number of carbonyl (C=O) groups excluding carboxylic acids is 8. The summed E-state index contributed by atoms with van der Waals surface area (Å²) in [6.07, 6.45) is -13.2. The molecular weight excluding hydrogens is 1500 g/mol. The van der Waals surface area contributed by atoms with Crippen molar-refractivity contribution in [2.45, 2.75) is 194 Å². The summed E-state index contributed by atoms with van der Waals surface area (Å²) in [5, 5.41) is 135. The van der Waals surface area contributed by atoms with Crippen LogP contribution >= 0.6 is 23.2 Å². The standard InChI is InChI=1S/C75H86Cl2N8O26/c1-31(2)21-44(78-5)67(97)83-57-59(91)34-14-17-47(41(76)23-34)107-49-25-36-26-50(63(49)111-73-64(62(94)61(93)51(30-87)109-73)110-52-29-75(4,65(95)32(3)105-52)85-74(104)106-38-11-9-7-6-8-10-12-38)108-48-18-15-35(24-42(48)77)60(92)58-71(101)82-56(72(102)103)40-27-37(88)28-46(90)53(40)39-22-33(13-16-45(39)89)54(68(98)84-58)81-69(99)55(36)80-66(96)43(19-20-86)79-70(57)100/h6-7,13-18,20,22-28,31-32,38,43-44,51-52,54-62,64-65,73,78,87-95H,8-12,19,21,29-30H2,1-5H3,(H,79,100)(H,80,96)(H,81,99)(H,82,101)(H,83,97)(H,84,98)(H,85,104)(H,102,103)/t32-,38?,43-,44+,51+,52-,54+,55+,56-,57+,58-,59+,60+,61+,62-,64+,65-,73-,75-/m0/s1. The van der Waals surface area contributed by atoms with Gasteiger partial charge in [0.15, 0.2) is 29.9 Å². The molecule has 111 heavy (non-hydrogen) atoms. The van der Waals surface area contributed by atoms with Crippen LogP contribution < -0.4 is 56.7 Å². The average molecular weight is 1590 g/mol. The van der Waals surface area contributed by atoms with Crippen LogP contribution in [0.2, 0.25) is 10.0 Å². The molecule has 0 aromatic heterocycles. The first-order chi connectivity index (χ1) is 52.8. The van der Waals surface area contributed by atoms with Crippen molar-refractivity contribution in [3.63, 3.8) is 0 Å². The lowest BCUT2D eigenvalue weighted by Crippen LogP contribution is -2.66. The molecule has 7 aliphatic heterocycles. The number of carboxylic acids is 1. The summed E-state index contributed by atoms with van der Waals surface area (Å²) in [4.78, 5) is 131. The second kappa shape index (κ2) is 34.8. The number of aldehydes is 1. The van der Waals surface area contributed by atoms with E-state index < -0.39 is 243 Å². The zero-order chi connectivity index (χ0) is 80.2. The summed E-state index contributed by atoms with van der Waals surface area (Å²) in [5.74, 6) is -14.7. The number of aliphatic carboxylic acids is 1. The number of phenols is 3. The van der Waals surface area contributed by atoms with Gasteiger partial charge in [-0.3, -0.25) is 28.8 Å². The van der Waals surface area contributed by atoms with Crippen molar-refractivity contribution in [2.24, 2.45) is 5.92 Å². The lowest BCUT2D eigenvalue weighted by atomic mass is 9.85. The quantitative estimate of drug-likeness (QED) is 0.0527. The minimum Gasteiger partial charge on any atom is -0.508 e. The van der Waals surface area contributed by atoms with Crippen LogP contribution in [0, 0.1) is 5.92 Å². The molecule has 7 amide bonds. The van der Waals surface area contributed by atoms with Gasteiger partial charge in [-0.15, -0.1) is 0 Å². The lowest BCUT2D eigenvalue weighted by Gasteiger charge is -2.48. The maximum atomic E-state index is 16.1. The van der Waals surface area contributed by atoms with E-state index in [1.54, 1.807) is 0 Å². The third-order valence-electron chi connectivity index (χ3n) is 20.0. The molecule has 19 atom stereocenters. The topological polar surface area (TPSA) is 517 Å². The van der Waals surface area contributed by atoms with Crippen molar-refractivity contribution in [1.29, 1.82) is 0 Å². The van der Waals surface area contributed by atoms with Gasteiger partial charge in [0, 0.05) is 35.6 Å². The molecule has 2 saturated heterocycles. The van der Waals surface area contributed by atoms with Gasteiger partial charge in [0.1, 0.15) is 108 Å². The highest BCUT2D eigenvalue weighted by Crippen LogP contribution is 2.50. The molecule has 34 nitrogen and oxygen atoms in total. The molecule has 8 aliphatic rings. The summed E-state index contributed by atoms with van der Waals surface area (Å²) < 4.78 is 44.9. The zero-order valence-electron chi connectivity index (χ0n) is 60.3. The Kier molecular flexibility index (Phi) is 25.7. The second-order valence-electron chi connectivity index (χ2n) is 28.5. The van der Waals surface area contributed by atoms with Crippen LogP contribution in [0.5, 0.6) is 46.0 Å². The molecule has 36 heteroatoms. The van der Waals surface area contributed by atoms with Crippen LogP contribution in [0.1, 0.15) is 137 Å². The molecule has 0 saturated carbocycles. The minimum atomic E-state index is -2.33. The maximum Gasteiger partial charge on any atom is 0.407 e. The number of hydrogen-bond acceptors (Lipinski definition) is 26. The number of ether oxygens (including phenoxy) is 7. The number of fused-ring (bicyclic) bond motifs is 15. The summed E-state index contributed by atoms with van der Waals surface area (Å²) in [5.41, 5.74) is -4.44. The van der Waals surface area contributed by atoms with Crippen molar-refractivity contribution < 1.29 is 127 Å². The van der Waals surface area contributed by atoms with Crippen LogP contribution in [-0.2, 0) is 57.3 Å². The second-order valence-corrected chi connectivity index (χ2v) is 29.3. The summed E-state index contributed by atoms with van der Waals surface area (Å²) in [6, 6.07) is -0.477. The van der Waals surface area contributed by atoms with E-state index in [-0.39, 0.29) is 52.5 Å². The Labute approximate surface area is 644 Å². The fraction of sp³-hybridized carbons (Fsp3) is 0.453. The number of aliphatic hydroxyl groups excluding tert-OH is 6. The smallest absolute Gasteiger partial charge is 0.407 e. The van der Waals surface area contributed by atoms with E-state index in [1.165, 1.54) is 33.0 Å². The maximum absolute atomic E-state index is 16.1. The molecule has 2 fully saturated rings. The molecule has 1 unspecified atom stereocenters. The van der Waals surface area contributed by atoms with E-state index in [2.05, 4.69) is 48.6 Å². The normalized spacial score (nSPS) is 29.3. The number of hydrogen-bond donors (Lipinski definition) is 18. The number of nitrogens with one attached hydrogen (secondary N) is 8. The number of aliphatic hydroxyl groups is 6. The Morgan fingerprint density at radius 3 is 1.99 bits per heavy atom. The fourth-order valence-electron chi connectivity index (χ4n) is 14.2. The number of amides is 7. The van der Waals surface area contributed by atoms with Crippen molar-refractivity contribution >= 4 is 77.0 Å². The van der Waals surface area contributed by atoms with E-state index in [0.717, 1.165) is 79.6 Å². The van der Waals surface area contributed by atoms with Crippen molar-refractivity contribution in [1.82, 2.24) is 42.5 Å². The van der Waals surface area contributed by atoms with Gasteiger partial charge in [-0.1, -0.05) is 67.4 Å². The molecule has 0 radical (unpaired) electrons. The molecule has 7 heterocycles. The largest absolute Gasteiger partial charge is 0.508 e. The van der Waals surface area contributed by atoms with E-state index in [0.29, 0.717) is 19.3 Å². The van der Waals surface area contributed by atoms with Gasteiger partial charge < -0.3 is 132 Å². The number of benzene rings is 5. The SMILES string of the molecule is CN[C@H](CC(C)C)C(=O)N[C@H]1C(=O)N[C@@H](CC=O)C(=O)N[C@H]2C(=O)N[C@H]3C(=O)N[C@H](C(=O)N[C@H](C(=O)O)c4cc(O)cc(O)c4-c4cc3ccc4O)[C@H](O)c3ccc(c(Cl)c3)Oc3cc2cc(c3O[C@@H]2O[C@H](CO)[C@@H](O)[C@H](O)[C@H]2O[C@H]2C[C@](C)(NC(=O)OC3CCC=CCCC3)[C@@H](O)[C@H](C)O2)Oc2ccc(cc2Cl)[C@H]1O.